The van der Waals surface area contributed by atoms with E-state index in [1.54, 1.807) is 23.5 Å². The molecule has 1 heterocycles. The summed E-state index contributed by atoms with van der Waals surface area (Å²) in [4.78, 5) is 0.312. The standard InChI is InChI=1S/C23H23NO3S/c1-15-16(2)23(14-13-22(15)27-4)28(25,26)24-17(3)18-9-5-6-10-19(18)20-11-7-8-12-21(20)24/h5-14,17H,1-4H3. The Kier molecular flexibility index (Phi) is 4.42. The Balaban J connectivity index is 1.96. The first-order valence-electron chi connectivity index (χ1n) is 9.25. The van der Waals surface area contributed by atoms with Crippen LogP contribution in [0.2, 0.25) is 0 Å². The molecule has 28 heavy (non-hydrogen) atoms. The summed E-state index contributed by atoms with van der Waals surface area (Å²) in [5.74, 6) is 0.689. The Bertz CT molecular complexity index is 1170. The average molecular weight is 394 g/mol. The average Bonchev–Trinajstić information content (AvgIpc) is 2.70. The molecule has 144 valence electrons. The highest BCUT2D eigenvalue weighted by Gasteiger charge is 2.37. The Morgan fingerprint density at radius 3 is 2.21 bits per heavy atom. The van der Waals surface area contributed by atoms with Crippen molar-refractivity contribution >= 4 is 15.7 Å². The van der Waals surface area contributed by atoms with Crippen LogP contribution in [0, 0.1) is 13.8 Å². The zero-order valence-corrected chi connectivity index (χ0v) is 17.2. The van der Waals surface area contributed by atoms with Gasteiger partial charge in [0.15, 0.2) is 0 Å². The van der Waals surface area contributed by atoms with Gasteiger partial charge in [-0.25, -0.2) is 8.42 Å². The van der Waals surface area contributed by atoms with Crippen LogP contribution < -0.4 is 9.04 Å². The lowest BCUT2D eigenvalue weighted by molar-refractivity contribution is 0.410. The van der Waals surface area contributed by atoms with Gasteiger partial charge in [-0.2, -0.15) is 0 Å². The van der Waals surface area contributed by atoms with E-state index < -0.39 is 10.0 Å². The number of methoxy groups -OCH3 is 1. The van der Waals surface area contributed by atoms with E-state index in [0.29, 0.717) is 21.9 Å². The Hall–Kier alpha value is -2.79. The summed E-state index contributed by atoms with van der Waals surface area (Å²) < 4.78 is 34.6. The van der Waals surface area contributed by atoms with Crippen LogP contribution in [0.3, 0.4) is 0 Å². The molecule has 5 heteroatoms. The van der Waals surface area contributed by atoms with Crippen molar-refractivity contribution in [1.29, 1.82) is 0 Å². The number of nitrogens with zero attached hydrogens (tertiary/aromatic N) is 1. The van der Waals surface area contributed by atoms with Crippen LogP contribution in [0.25, 0.3) is 11.1 Å². The minimum atomic E-state index is -3.77. The maximum atomic E-state index is 13.8. The summed E-state index contributed by atoms with van der Waals surface area (Å²) in [5, 5.41) is 0. The molecule has 0 saturated carbocycles. The number of fused-ring (bicyclic) bond motifs is 3. The van der Waals surface area contributed by atoms with Crippen molar-refractivity contribution in [2.45, 2.75) is 31.7 Å². The molecule has 0 fully saturated rings. The van der Waals surface area contributed by atoms with Crippen LogP contribution in [-0.2, 0) is 10.0 Å². The topological polar surface area (TPSA) is 46.6 Å². The van der Waals surface area contributed by atoms with Gasteiger partial charge in [0.1, 0.15) is 5.75 Å². The molecule has 0 saturated heterocycles. The largest absolute Gasteiger partial charge is 0.496 e. The van der Waals surface area contributed by atoms with E-state index >= 15 is 0 Å². The molecule has 1 aliphatic heterocycles. The monoisotopic (exact) mass is 393 g/mol. The number of sulfonamides is 1. The van der Waals surface area contributed by atoms with Crippen molar-refractivity contribution in [2.24, 2.45) is 0 Å². The van der Waals surface area contributed by atoms with Gasteiger partial charge in [0.25, 0.3) is 10.0 Å². The van der Waals surface area contributed by atoms with Crippen molar-refractivity contribution in [3.8, 4) is 16.9 Å². The zero-order chi connectivity index (χ0) is 20.1. The van der Waals surface area contributed by atoms with Gasteiger partial charge in [0.05, 0.1) is 23.7 Å². The van der Waals surface area contributed by atoms with Gasteiger partial charge in [-0.3, -0.25) is 4.31 Å². The fourth-order valence-corrected chi connectivity index (χ4v) is 5.99. The molecule has 1 atom stereocenters. The summed E-state index contributed by atoms with van der Waals surface area (Å²) in [5.41, 5.74) is 5.28. The first kappa shape index (κ1) is 18.6. The summed E-state index contributed by atoms with van der Waals surface area (Å²) >= 11 is 0. The van der Waals surface area contributed by atoms with Crippen LogP contribution in [0.4, 0.5) is 5.69 Å². The van der Waals surface area contributed by atoms with Gasteiger partial charge in [0.2, 0.25) is 0 Å². The number of rotatable bonds is 3. The van der Waals surface area contributed by atoms with Gasteiger partial charge in [-0.05, 0) is 61.2 Å². The second-order valence-electron chi connectivity index (χ2n) is 7.10. The lowest BCUT2D eigenvalue weighted by Crippen LogP contribution is -2.36. The number of benzene rings is 3. The van der Waals surface area contributed by atoms with Gasteiger partial charge in [-0.15, -0.1) is 0 Å². The predicted octanol–water partition coefficient (Wildman–Crippen LogP) is 5.25. The number of anilines is 1. The van der Waals surface area contributed by atoms with Crippen molar-refractivity contribution < 1.29 is 13.2 Å². The molecule has 4 nitrogen and oxygen atoms in total. The van der Waals surface area contributed by atoms with Crippen LogP contribution in [0.15, 0.2) is 65.6 Å². The third kappa shape index (κ3) is 2.61. The van der Waals surface area contributed by atoms with Crippen molar-refractivity contribution in [2.75, 3.05) is 11.4 Å². The maximum absolute atomic E-state index is 13.8. The molecular weight excluding hydrogens is 370 g/mol. The van der Waals surface area contributed by atoms with E-state index in [2.05, 4.69) is 6.07 Å². The molecule has 4 rings (SSSR count). The van der Waals surface area contributed by atoms with E-state index in [1.807, 2.05) is 63.2 Å². The van der Waals surface area contributed by atoms with Crippen LogP contribution in [0.1, 0.15) is 29.7 Å². The third-order valence-corrected chi connectivity index (χ3v) is 7.67. The van der Waals surface area contributed by atoms with Gasteiger partial charge < -0.3 is 4.74 Å². The second kappa shape index (κ2) is 6.67. The quantitative estimate of drug-likeness (QED) is 0.611. The smallest absolute Gasteiger partial charge is 0.265 e. The van der Waals surface area contributed by atoms with Gasteiger partial charge in [0, 0.05) is 5.56 Å². The molecule has 0 spiro atoms. The summed E-state index contributed by atoms with van der Waals surface area (Å²) in [6.07, 6.45) is 0. The summed E-state index contributed by atoms with van der Waals surface area (Å²) in [6, 6.07) is 18.8. The first-order valence-corrected chi connectivity index (χ1v) is 10.7. The molecule has 0 N–H and O–H groups in total. The van der Waals surface area contributed by atoms with Crippen LogP contribution >= 0.6 is 0 Å². The zero-order valence-electron chi connectivity index (χ0n) is 16.4. The van der Waals surface area contributed by atoms with E-state index in [0.717, 1.165) is 22.3 Å². The minimum Gasteiger partial charge on any atom is -0.496 e. The van der Waals surface area contributed by atoms with Gasteiger partial charge in [-0.1, -0.05) is 42.5 Å². The van der Waals surface area contributed by atoms with E-state index in [4.69, 9.17) is 4.74 Å². The fourth-order valence-electron chi connectivity index (χ4n) is 4.05. The van der Waals surface area contributed by atoms with Crippen molar-refractivity contribution in [3.05, 3.63) is 77.4 Å². The first-order chi connectivity index (χ1) is 13.4. The number of hydrogen-bond donors (Lipinski definition) is 0. The second-order valence-corrected chi connectivity index (χ2v) is 8.88. The fraction of sp³-hybridized carbons (Fsp3) is 0.217. The summed E-state index contributed by atoms with van der Waals surface area (Å²) in [6.45, 7) is 5.66. The maximum Gasteiger partial charge on any atom is 0.265 e. The SMILES string of the molecule is COc1ccc(S(=O)(=O)N2c3ccccc3-c3ccccc3C2C)c(C)c1C. The van der Waals surface area contributed by atoms with E-state index in [9.17, 15) is 8.42 Å². The highest BCUT2D eigenvalue weighted by atomic mass is 32.2. The molecule has 0 aromatic heterocycles. The number of para-hydroxylation sites is 1. The molecule has 1 aliphatic rings. The highest BCUT2D eigenvalue weighted by molar-refractivity contribution is 7.93. The predicted molar refractivity (Wildman–Crippen MR) is 112 cm³/mol. The highest BCUT2D eigenvalue weighted by Crippen LogP contribution is 2.47. The number of ether oxygens (including phenoxy) is 1. The normalized spacial score (nSPS) is 15.7. The molecule has 0 radical (unpaired) electrons. The number of hydrogen-bond acceptors (Lipinski definition) is 3. The Morgan fingerprint density at radius 2 is 1.50 bits per heavy atom. The molecule has 3 aromatic carbocycles. The van der Waals surface area contributed by atoms with Crippen molar-refractivity contribution in [3.63, 3.8) is 0 Å². The third-order valence-electron chi connectivity index (χ3n) is 5.64. The molecule has 3 aromatic rings. The lowest BCUT2D eigenvalue weighted by atomic mass is 9.90. The van der Waals surface area contributed by atoms with E-state index in [-0.39, 0.29) is 6.04 Å². The Morgan fingerprint density at radius 1 is 0.857 bits per heavy atom. The summed E-state index contributed by atoms with van der Waals surface area (Å²) in [7, 11) is -2.17. The van der Waals surface area contributed by atoms with Crippen LogP contribution in [-0.4, -0.2) is 15.5 Å². The molecular formula is C23H23NO3S. The minimum absolute atomic E-state index is 0.307. The molecule has 0 aliphatic carbocycles. The molecule has 1 unspecified atom stereocenters. The van der Waals surface area contributed by atoms with Crippen LogP contribution in [0.5, 0.6) is 5.75 Å². The molecule has 0 bridgehead atoms. The molecule has 0 amide bonds. The lowest BCUT2D eigenvalue weighted by Gasteiger charge is -2.37. The Labute approximate surface area is 166 Å². The van der Waals surface area contributed by atoms with Crippen molar-refractivity contribution in [1.82, 2.24) is 0 Å². The van der Waals surface area contributed by atoms with Gasteiger partial charge >= 0.3 is 0 Å². The van der Waals surface area contributed by atoms with E-state index in [1.165, 1.54) is 0 Å².